The van der Waals surface area contributed by atoms with Crippen molar-refractivity contribution in [2.45, 2.75) is 57.1 Å². The number of thiol groups is 1. The van der Waals surface area contributed by atoms with Gasteiger partial charge >= 0.3 is 0 Å². The van der Waals surface area contributed by atoms with Crippen LogP contribution in [0, 0.1) is 0 Å². The van der Waals surface area contributed by atoms with Crippen LogP contribution in [0.2, 0.25) is 0 Å². The molecule has 0 radical (unpaired) electrons. The third-order valence-corrected chi connectivity index (χ3v) is 4.74. The highest BCUT2D eigenvalue weighted by molar-refractivity contribution is 8.00. The van der Waals surface area contributed by atoms with Crippen molar-refractivity contribution in [3.63, 3.8) is 0 Å². The summed E-state index contributed by atoms with van der Waals surface area (Å²) in [7, 11) is 0. The topological polar surface area (TPSA) is 37.4 Å². The predicted molar refractivity (Wildman–Crippen MR) is 79.9 cm³/mol. The number of thioether (sulfide) groups is 1. The van der Waals surface area contributed by atoms with Crippen LogP contribution in [0.3, 0.4) is 0 Å². The maximum absolute atomic E-state index is 11.8. The highest BCUT2D eigenvalue weighted by atomic mass is 32.2. The fourth-order valence-electron chi connectivity index (χ4n) is 2.04. The van der Waals surface area contributed by atoms with E-state index in [0.717, 1.165) is 12.2 Å². The van der Waals surface area contributed by atoms with E-state index in [2.05, 4.69) is 19.6 Å². The Morgan fingerprint density at radius 2 is 1.89 bits per heavy atom. The molecule has 0 aliphatic carbocycles. The van der Waals surface area contributed by atoms with Crippen molar-refractivity contribution in [1.29, 1.82) is 0 Å². The average molecular weight is 289 g/mol. The van der Waals surface area contributed by atoms with E-state index in [1.165, 1.54) is 37.0 Å². The number of imide groups is 1. The molecule has 104 valence electrons. The van der Waals surface area contributed by atoms with Crippen LogP contribution in [0.5, 0.6) is 0 Å². The average Bonchev–Trinajstić information content (AvgIpc) is 2.63. The molecule has 5 heteroatoms. The summed E-state index contributed by atoms with van der Waals surface area (Å²) in [6.45, 7) is 2.21. The molecule has 3 nitrogen and oxygen atoms in total. The lowest BCUT2D eigenvalue weighted by atomic mass is 10.1. The molecule has 1 aliphatic rings. The molecule has 0 aromatic rings. The number of rotatable bonds is 9. The Hall–Kier alpha value is -0.160. The summed E-state index contributed by atoms with van der Waals surface area (Å²) in [5.41, 5.74) is 0. The number of carbonyl (C=O) groups excluding carboxylic acids is 2. The van der Waals surface area contributed by atoms with E-state index in [1.807, 2.05) is 0 Å². The van der Waals surface area contributed by atoms with Crippen molar-refractivity contribution in [3.05, 3.63) is 0 Å². The molecule has 0 N–H and O–H groups in total. The fourth-order valence-corrected chi connectivity index (χ4v) is 3.52. The monoisotopic (exact) mass is 289 g/mol. The summed E-state index contributed by atoms with van der Waals surface area (Å²) in [6.07, 6.45) is 7.93. The van der Waals surface area contributed by atoms with Gasteiger partial charge in [0.1, 0.15) is 0 Å². The zero-order valence-corrected chi connectivity index (χ0v) is 12.8. The third kappa shape index (κ3) is 4.84. The van der Waals surface area contributed by atoms with Crippen LogP contribution in [0.15, 0.2) is 0 Å². The molecule has 1 atom stereocenters. The van der Waals surface area contributed by atoms with Crippen molar-refractivity contribution in [2.24, 2.45) is 0 Å². The number of hydrogen-bond donors (Lipinski definition) is 1. The molecule has 0 aromatic heterocycles. The van der Waals surface area contributed by atoms with Crippen molar-refractivity contribution >= 4 is 36.2 Å². The van der Waals surface area contributed by atoms with Gasteiger partial charge in [0.05, 0.1) is 11.1 Å². The number of amides is 2. The van der Waals surface area contributed by atoms with Crippen LogP contribution < -0.4 is 0 Å². The molecule has 0 saturated carbocycles. The minimum atomic E-state index is -0.153. The van der Waals surface area contributed by atoms with E-state index in [0.29, 0.717) is 6.42 Å². The zero-order valence-electron chi connectivity index (χ0n) is 11.1. The summed E-state index contributed by atoms with van der Waals surface area (Å²) in [5, 5.41) is -0.153. The normalized spacial score (nSPS) is 19.9. The second-order valence-electron chi connectivity index (χ2n) is 4.63. The highest BCUT2D eigenvalue weighted by Crippen LogP contribution is 2.26. The minimum Gasteiger partial charge on any atom is -0.274 e. The van der Waals surface area contributed by atoms with Crippen LogP contribution in [0.4, 0.5) is 0 Å². The Morgan fingerprint density at radius 3 is 2.50 bits per heavy atom. The van der Waals surface area contributed by atoms with Gasteiger partial charge in [-0.05, 0) is 12.2 Å². The summed E-state index contributed by atoms with van der Waals surface area (Å²) < 4.78 is 0. The Kier molecular flexibility index (Phi) is 7.82. The second kappa shape index (κ2) is 8.86. The lowest BCUT2D eigenvalue weighted by molar-refractivity contribution is -0.136. The first-order chi connectivity index (χ1) is 8.70. The van der Waals surface area contributed by atoms with Gasteiger partial charge in [-0.1, -0.05) is 39.0 Å². The first-order valence-corrected chi connectivity index (χ1v) is 8.45. The van der Waals surface area contributed by atoms with Gasteiger partial charge < -0.3 is 0 Å². The van der Waals surface area contributed by atoms with Crippen LogP contribution in [0.25, 0.3) is 0 Å². The molecular weight excluding hydrogens is 266 g/mol. The van der Waals surface area contributed by atoms with Crippen LogP contribution in [-0.2, 0) is 9.59 Å². The van der Waals surface area contributed by atoms with Crippen molar-refractivity contribution in [3.8, 4) is 0 Å². The SMILES string of the molecule is CCCCCCCCSC1CC(=O)N(CS)C1=O. The highest BCUT2D eigenvalue weighted by Gasteiger charge is 2.37. The van der Waals surface area contributed by atoms with E-state index >= 15 is 0 Å². The fraction of sp³-hybridized carbons (Fsp3) is 0.846. The minimum absolute atomic E-state index is 0.0500. The molecule has 2 amide bonds. The Balaban J connectivity index is 2.10. The van der Waals surface area contributed by atoms with E-state index in [1.54, 1.807) is 11.8 Å². The van der Waals surface area contributed by atoms with Gasteiger partial charge in [0.15, 0.2) is 0 Å². The smallest absolute Gasteiger partial charge is 0.243 e. The Bertz CT molecular complexity index is 284. The van der Waals surface area contributed by atoms with Gasteiger partial charge in [-0.25, -0.2) is 0 Å². The lowest BCUT2D eigenvalue weighted by Gasteiger charge is -2.11. The van der Waals surface area contributed by atoms with Gasteiger partial charge in [0.25, 0.3) is 0 Å². The van der Waals surface area contributed by atoms with E-state index < -0.39 is 0 Å². The first kappa shape index (κ1) is 15.9. The third-order valence-electron chi connectivity index (χ3n) is 3.16. The molecule has 1 aliphatic heterocycles. The number of carbonyl (C=O) groups is 2. The maximum Gasteiger partial charge on any atom is 0.243 e. The predicted octanol–water partition coefficient (Wildman–Crippen LogP) is 3.09. The van der Waals surface area contributed by atoms with Crippen molar-refractivity contribution < 1.29 is 9.59 Å². The second-order valence-corrected chi connectivity index (χ2v) is 6.23. The van der Waals surface area contributed by atoms with Gasteiger partial charge in [0, 0.05) is 6.42 Å². The number of unbranched alkanes of at least 4 members (excludes halogenated alkanes) is 5. The molecule has 1 saturated heterocycles. The van der Waals surface area contributed by atoms with E-state index in [9.17, 15) is 9.59 Å². The Labute approximate surface area is 119 Å². The molecule has 1 heterocycles. The summed E-state index contributed by atoms with van der Waals surface area (Å²) in [6, 6.07) is 0. The first-order valence-electron chi connectivity index (χ1n) is 6.77. The molecule has 18 heavy (non-hydrogen) atoms. The van der Waals surface area contributed by atoms with Crippen LogP contribution in [-0.4, -0.2) is 33.6 Å². The maximum atomic E-state index is 11.8. The molecule has 1 rings (SSSR count). The number of hydrogen-bond acceptors (Lipinski definition) is 4. The molecule has 0 bridgehead atoms. The van der Waals surface area contributed by atoms with Crippen LogP contribution in [0.1, 0.15) is 51.9 Å². The van der Waals surface area contributed by atoms with Gasteiger partial charge in [0.2, 0.25) is 11.8 Å². The summed E-state index contributed by atoms with van der Waals surface area (Å²) in [5.74, 6) is 1.07. The van der Waals surface area contributed by atoms with Gasteiger partial charge in [-0.3, -0.25) is 14.5 Å². The number of nitrogens with zero attached hydrogens (tertiary/aromatic N) is 1. The van der Waals surface area contributed by atoms with Crippen molar-refractivity contribution in [1.82, 2.24) is 4.90 Å². The molecule has 0 aromatic carbocycles. The number of likely N-dealkylation sites (tertiary alicyclic amines) is 1. The zero-order chi connectivity index (χ0) is 13.4. The van der Waals surface area contributed by atoms with E-state index in [-0.39, 0.29) is 22.9 Å². The van der Waals surface area contributed by atoms with Crippen molar-refractivity contribution in [2.75, 3.05) is 11.6 Å². The molecule has 0 spiro atoms. The summed E-state index contributed by atoms with van der Waals surface area (Å²) in [4.78, 5) is 24.5. The van der Waals surface area contributed by atoms with Gasteiger partial charge in [-0.2, -0.15) is 12.6 Å². The van der Waals surface area contributed by atoms with Gasteiger partial charge in [-0.15, -0.1) is 11.8 Å². The van der Waals surface area contributed by atoms with E-state index in [4.69, 9.17) is 0 Å². The quantitative estimate of drug-likeness (QED) is 0.403. The largest absolute Gasteiger partial charge is 0.274 e. The summed E-state index contributed by atoms with van der Waals surface area (Å²) >= 11 is 5.64. The lowest BCUT2D eigenvalue weighted by Crippen LogP contribution is -2.30. The molecule has 1 fully saturated rings. The Morgan fingerprint density at radius 1 is 1.22 bits per heavy atom. The molecular formula is C13H23NO2S2. The van der Waals surface area contributed by atoms with Crippen LogP contribution >= 0.6 is 24.4 Å². The standard InChI is InChI=1S/C13H23NO2S2/c1-2-3-4-5-6-7-8-18-11-9-12(15)14(10-17)13(11)16/h11,17H,2-10H2,1H3. The molecule has 1 unspecified atom stereocenters.